The van der Waals surface area contributed by atoms with Gasteiger partial charge in [0.2, 0.25) is 5.91 Å². The van der Waals surface area contributed by atoms with Gasteiger partial charge in [0, 0.05) is 38.1 Å². The summed E-state index contributed by atoms with van der Waals surface area (Å²) >= 11 is 0. The summed E-state index contributed by atoms with van der Waals surface area (Å²) in [7, 11) is 1.65. The van der Waals surface area contributed by atoms with Gasteiger partial charge in [-0.3, -0.25) is 4.79 Å². The fraction of sp³-hybridized carbons (Fsp3) is 0.474. The minimum absolute atomic E-state index is 0.105. The van der Waals surface area contributed by atoms with E-state index < -0.39 is 0 Å². The normalized spacial score (nSPS) is 17.5. The lowest BCUT2D eigenvalue weighted by Gasteiger charge is -2.15. The number of imidazole rings is 1. The first kappa shape index (κ1) is 17.5. The number of aromatic amines is 1. The summed E-state index contributed by atoms with van der Waals surface area (Å²) in [6.45, 7) is 5.89. The summed E-state index contributed by atoms with van der Waals surface area (Å²) < 4.78 is 10.8. The van der Waals surface area contributed by atoms with Crippen LogP contribution in [0.2, 0.25) is 0 Å². The Bertz CT molecular complexity index is 726. The topological polar surface area (TPSA) is 67.5 Å². The predicted octanol–water partition coefficient (Wildman–Crippen LogP) is 2.83. The zero-order chi connectivity index (χ0) is 17.8. The number of H-pyrrole nitrogens is 1. The molecule has 1 aliphatic rings. The number of aromatic nitrogens is 2. The summed E-state index contributed by atoms with van der Waals surface area (Å²) in [6.07, 6.45) is 2.45. The fourth-order valence-corrected chi connectivity index (χ4v) is 3.07. The second kappa shape index (κ2) is 7.70. The third kappa shape index (κ3) is 4.20. The minimum atomic E-state index is 0.105. The number of hydrogen-bond acceptors (Lipinski definition) is 4. The number of carbonyl (C=O) groups is 1. The Balaban J connectivity index is 1.72. The molecule has 1 N–H and O–H groups in total. The molecule has 6 nitrogen and oxygen atoms in total. The summed E-state index contributed by atoms with van der Waals surface area (Å²) in [5.41, 5.74) is 1.96. The number of hydrogen-bond donors (Lipinski definition) is 1. The number of nitrogens with one attached hydrogen (secondary N) is 1. The molecule has 1 saturated heterocycles. The van der Waals surface area contributed by atoms with E-state index >= 15 is 0 Å². The molecule has 2 heterocycles. The molecular formula is C19H25N3O3. The molecular weight excluding hydrogens is 318 g/mol. The average molecular weight is 343 g/mol. The molecule has 25 heavy (non-hydrogen) atoms. The van der Waals surface area contributed by atoms with Gasteiger partial charge in [-0.25, -0.2) is 4.98 Å². The first-order valence-electron chi connectivity index (χ1n) is 8.65. The largest absolute Gasteiger partial charge is 0.491 e. The SMILES string of the molecule is COCCN1CC(c2ncc(-c3cccc(OC(C)C)c3)[nH]2)CC1=O. The van der Waals surface area contributed by atoms with Crippen LogP contribution in [0.1, 0.15) is 32.0 Å². The number of likely N-dealkylation sites (tertiary alicyclic amines) is 1. The number of nitrogens with zero attached hydrogens (tertiary/aromatic N) is 2. The number of methoxy groups -OCH3 is 1. The van der Waals surface area contributed by atoms with Crippen molar-refractivity contribution in [1.82, 2.24) is 14.9 Å². The third-order valence-corrected chi connectivity index (χ3v) is 4.28. The monoisotopic (exact) mass is 343 g/mol. The maximum Gasteiger partial charge on any atom is 0.223 e. The van der Waals surface area contributed by atoms with E-state index in [0.717, 1.165) is 22.8 Å². The van der Waals surface area contributed by atoms with E-state index in [9.17, 15) is 4.79 Å². The molecule has 1 unspecified atom stereocenters. The maximum atomic E-state index is 12.1. The zero-order valence-electron chi connectivity index (χ0n) is 15.0. The Labute approximate surface area is 148 Å². The van der Waals surface area contributed by atoms with Crippen molar-refractivity contribution in [3.63, 3.8) is 0 Å². The van der Waals surface area contributed by atoms with E-state index in [2.05, 4.69) is 9.97 Å². The smallest absolute Gasteiger partial charge is 0.223 e. The van der Waals surface area contributed by atoms with Gasteiger partial charge in [0.15, 0.2) is 0 Å². The number of benzene rings is 1. The minimum Gasteiger partial charge on any atom is -0.491 e. The van der Waals surface area contributed by atoms with Gasteiger partial charge in [-0.15, -0.1) is 0 Å². The Hall–Kier alpha value is -2.34. The van der Waals surface area contributed by atoms with Crippen LogP contribution in [-0.2, 0) is 9.53 Å². The van der Waals surface area contributed by atoms with Gasteiger partial charge in [-0.2, -0.15) is 0 Å². The highest BCUT2D eigenvalue weighted by atomic mass is 16.5. The van der Waals surface area contributed by atoms with Crippen molar-refractivity contribution in [2.45, 2.75) is 32.3 Å². The summed E-state index contributed by atoms with van der Waals surface area (Å²) in [4.78, 5) is 21.8. The van der Waals surface area contributed by atoms with E-state index in [1.807, 2.05) is 49.2 Å². The van der Waals surface area contributed by atoms with Crippen LogP contribution in [0.15, 0.2) is 30.5 Å². The number of rotatable bonds is 7. The second-order valence-electron chi connectivity index (χ2n) is 6.61. The van der Waals surface area contributed by atoms with Gasteiger partial charge in [-0.05, 0) is 26.0 Å². The first-order chi connectivity index (χ1) is 12.1. The van der Waals surface area contributed by atoms with Gasteiger partial charge in [-0.1, -0.05) is 12.1 Å². The molecule has 0 saturated carbocycles. The zero-order valence-corrected chi connectivity index (χ0v) is 15.0. The van der Waals surface area contributed by atoms with Crippen molar-refractivity contribution >= 4 is 5.91 Å². The van der Waals surface area contributed by atoms with E-state index in [4.69, 9.17) is 9.47 Å². The van der Waals surface area contributed by atoms with Crippen LogP contribution in [0.4, 0.5) is 0 Å². The van der Waals surface area contributed by atoms with Crippen molar-refractivity contribution in [3.05, 3.63) is 36.3 Å². The molecule has 1 aromatic heterocycles. The highest BCUT2D eigenvalue weighted by molar-refractivity contribution is 5.79. The van der Waals surface area contributed by atoms with Gasteiger partial charge in [0.05, 0.1) is 24.6 Å². The molecule has 3 rings (SSSR count). The molecule has 1 atom stereocenters. The molecule has 0 radical (unpaired) electrons. The molecule has 0 spiro atoms. The standard InChI is InChI=1S/C19H25N3O3/c1-13(2)25-16-6-4-5-14(9-16)17-11-20-19(21-17)15-10-18(23)22(12-15)7-8-24-3/h4-6,9,11,13,15H,7-8,10,12H2,1-3H3,(H,20,21). The summed E-state index contributed by atoms with van der Waals surface area (Å²) in [6, 6.07) is 7.94. The number of amides is 1. The first-order valence-corrected chi connectivity index (χ1v) is 8.65. The van der Waals surface area contributed by atoms with Crippen LogP contribution >= 0.6 is 0 Å². The Kier molecular flexibility index (Phi) is 5.38. The van der Waals surface area contributed by atoms with Crippen molar-refractivity contribution in [2.24, 2.45) is 0 Å². The van der Waals surface area contributed by atoms with Crippen LogP contribution in [0, 0.1) is 0 Å². The van der Waals surface area contributed by atoms with E-state index in [1.165, 1.54) is 0 Å². The Morgan fingerprint density at radius 2 is 2.24 bits per heavy atom. The van der Waals surface area contributed by atoms with Crippen LogP contribution in [0.5, 0.6) is 5.75 Å². The molecule has 2 aromatic rings. The molecule has 0 bridgehead atoms. The summed E-state index contributed by atoms with van der Waals surface area (Å²) in [5, 5.41) is 0. The molecule has 134 valence electrons. The number of ether oxygens (including phenoxy) is 2. The average Bonchev–Trinajstić information content (AvgIpc) is 3.19. The van der Waals surface area contributed by atoms with Crippen molar-refractivity contribution in [3.8, 4) is 17.0 Å². The highest BCUT2D eigenvalue weighted by Gasteiger charge is 2.32. The lowest BCUT2D eigenvalue weighted by atomic mass is 10.1. The van der Waals surface area contributed by atoms with Crippen molar-refractivity contribution in [2.75, 3.05) is 26.8 Å². The second-order valence-corrected chi connectivity index (χ2v) is 6.61. The molecule has 0 aliphatic carbocycles. The number of carbonyl (C=O) groups excluding carboxylic acids is 1. The van der Waals surface area contributed by atoms with Crippen LogP contribution in [-0.4, -0.2) is 53.7 Å². The molecule has 1 aromatic carbocycles. The Morgan fingerprint density at radius 3 is 3.00 bits per heavy atom. The van der Waals surface area contributed by atoms with Gasteiger partial charge < -0.3 is 19.4 Å². The molecule has 1 fully saturated rings. The molecule has 1 amide bonds. The van der Waals surface area contributed by atoms with E-state index in [0.29, 0.717) is 26.1 Å². The van der Waals surface area contributed by atoms with E-state index in [1.54, 1.807) is 7.11 Å². The quantitative estimate of drug-likeness (QED) is 0.839. The maximum absolute atomic E-state index is 12.1. The van der Waals surface area contributed by atoms with Crippen LogP contribution < -0.4 is 4.74 Å². The van der Waals surface area contributed by atoms with Crippen LogP contribution in [0.25, 0.3) is 11.3 Å². The highest BCUT2D eigenvalue weighted by Crippen LogP contribution is 2.29. The lowest BCUT2D eigenvalue weighted by molar-refractivity contribution is -0.128. The van der Waals surface area contributed by atoms with E-state index in [-0.39, 0.29) is 17.9 Å². The summed E-state index contributed by atoms with van der Waals surface area (Å²) in [5.74, 6) is 1.96. The lowest BCUT2D eigenvalue weighted by Crippen LogP contribution is -2.28. The molecule has 1 aliphatic heterocycles. The van der Waals surface area contributed by atoms with Gasteiger partial charge in [0.25, 0.3) is 0 Å². The van der Waals surface area contributed by atoms with Gasteiger partial charge in [0.1, 0.15) is 11.6 Å². The Morgan fingerprint density at radius 1 is 1.40 bits per heavy atom. The van der Waals surface area contributed by atoms with Gasteiger partial charge >= 0.3 is 0 Å². The third-order valence-electron chi connectivity index (χ3n) is 4.28. The fourth-order valence-electron chi connectivity index (χ4n) is 3.07. The predicted molar refractivity (Wildman–Crippen MR) is 95.6 cm³/mol. The van der Waals surface area contributed by atoms with Crippen molar-refractivity contribution < 1.29 is 14.3 Å². The van der Waals surface area contributed by atoms with Crippen LogP contribution in [0.3, 0.4) is 0 Å². The molecule has 6 heteroatoms. The van der Waals surface area contributed by atoms with Crippen molar-refractivity contribution in [1.29, 1.82) is 0 Å².